The number of phenols is 1. The Kier molecular flexibility index (Phi) is 6.72. The Balaban J connectivity index is 1.82. The number of carbonyl (C=O) groups is 2. The first-order chi connectivity index (χ1) is 14.4. The molecule has 5 heteroatoms. The van der Waals surface area contributed by atoms with Crippen LogP contribution in [0.15, 0.2) is 65.9 Å². The van der Waals surface area contributed by atoms with Crippen LogP contribution < -0.4 is 0 Å². The lowest BCUT2D eigenvalue weighted by Crippen LogP contribution is -2.37. The van der Waals surface area contributed by atoms with Crippen molar-refractivity contribution in [2.45, 2.75) is 32.6 Å². The van der Waals surface area contributed by atoms with E-state index in [1.165, 1.54) is 12.2 Å². The molecule has 0 aliphatic heterocycles. The lowest BCUT2D eigenvalue weighted by molar-refractivity contribution is -0.135. The highest BCUT2D eigenvalue weighted by molar-refractivity contribution is 6.17. The molecule has 30 heavy (non-hydrogen) atoms. The number of nitroso groups, excluding NO2 is 1. The molecule has 0 bridgehead atoms. The first kappa shape index (κ1) is 21.4. The number of phenolic OH excluding ortho intramolecular Hbond substituents is 1. The van der Waals surface area contributed by atoms with Gasteiger partial charge in [0.2, 0.25) is 0 Å². The van der Waals surface area contributed by atoms with E-state index in [1.807, 2.05) is 0 Å². The van der Waals surface area contributed by atoms with E-state index >= 15 is 0 Å². The third-order valence-corrected chi connectivity index (χ3v) is 5.71. The van der Waals surface area contributed by atoms with Crippen molar-refractivity contribution in [2.75, 3.05) is 0 Å². The Labute approximate surface area is 176 Å². The molecule has 0 heterocycles. The van der Waals surface area contributed by atoms with Crippen molar-refractivity contribution in [1.82, 2.24) is 0 Å². The summed E-state index contributed by atoms with van der Waals surface area (Å²) in [5.74, 6) is -0.0268. The normalized spacial score (nSPS) is 16.3. The summed E-state index contributed by atoms with van der Waals surface area (Å²) in [6.07, 6.45) is 9.78. The summed E-state index contributed by atoms with van der Waals surface area (Å²) < 4.78 is 0. The van der Waals surface area contributed by atoms with Crippen molar-refractivity contribution in [2.24, 2.45) is 16.5 Å². The van der Waals surface area contributed by atoms with Gasteiger partial charge < -0.3 is 5.11 Å². The number of aromatic hydroxyl groups is 1. The standard InChI is InChI=1S/C25H25NO4/c1-25(17-20-7-2-8-20,24(29)14-12-19-6-4-10-22(27)16-19)23(28)13-11-18-5-3-9-21(15-18)26-30/h3-6,9-16,20,27H,2,7-8,17H2,1H3. The zero-order valence-corrected chi connectivity index (χ0v) is 17.0. The molecule has 5 nitrogen and oxygen atoms in total. The molecule has 1 atom stereocenters. The summed E-state index contributed by atoms with van der Waals surface area (Å²) >= 11 is 0. The first-order valence-electron chi connectivity index (χ1n) is 10.1. The Morgan fingerprint density at radius 1 is 1.03 bits per heavy atom. The van der Waals surface area contributed by atoms with Gasteiger partial charge in [-0.05, 0) is 72.0 Å². The van der Waals surface area contributed by atoms with E-state index in [0.717, 1.165) is 19.3 Å². The van der Waals surface area contributed by atoms with Crippen molar-refractivity contribution in [3.8, 4) is 5.75 Å². The zero-order chi connectivity index (χ0) is 21.6. The largest absolute Gasteiger partial charge is 0.508 e. The Hall–Kier alpha value is -3.34. The minimum atomic E-state index is -1.16. The van der Waals surface area contributed by atoms with Crippen LogP contribution in [-0.2, 0) is 9.59 Å². The quantitative estimate of drug-likeness (QED) is 0.323. The molecule has 1 aliphatic carbocycles. The van der Waals surface area contributed by atoms with Gasteiger partial charge in [0.1, 0.15) is 11.4 Å². The minimum absolute atomic E-state index is 0.118. The SMILES string of the molecule is CC(CC1CCC1)(C(=O)C=Cc1cccc(O)c1)C(=O)C=Cc1cccc(N=O)c1. The number of hydrogen-bond acceptors (Lipinski definition) is 5. The molecule has 1 fully saturated rings. The Morgan fingerprint density at radius 2 is 1.63 bits per heavy atom. The van der Waals surface area contributed by atoms with Crippen LogP contribution in [0.4, 0.5) is 5.69 Å². The number of benzene rings is 2. The van der Waals surface area contributed by atoms with Gasteiger partial charge in [-0.1, -0.05) is 55.7 Å². The smallest absolute Gasteiger partial charge is 0.169 e. The average molecular weight is 403 g/mol. The van der Waals surface area contributed by atoms with Gasteiger partial charge in [-0.25, -0.2) is 0 Å². The van der Waals surface area contributed by atoms with Crippen LogP contribution >= 0.6 is 0 Å². The predicted octanol–water partition coefficient (Wildman–Crippen LogP) is 5.85. The van der Waals surface area contributed by atoms with E-state index in [0.29, 0.717) is 23.5 Å². The number of rotatable bonds is 9. The van der Waals surface area contributed by atoms with Crippen LogP contribution in [0.3, 0.4) is 0 Å². The summed E-state index contributed by atoms with van der Waals surface area (Å²) in [6, 6.07) is 13.2. The van der Waals surface area contributed by atoms with Gasteiger partial charge in [0.15, 0.2) is 11.6 Å². The summed E-state index contributed by atoms with van der Waals surface area (Å²) in [5, 5.41) is 12.5. The topological polar surface area (TPSA) is 83.8 Å². The van der Waals surface area contributed by atoms with E-state index in [2.05, 4.69) is 5.18 Å². The molecule has 0 radical (unpaired) electrons. The second-order valence-corrected chi connectivity index (χ2v) is 8.01. The Morgan fingerprint density at radius 3 is 2.17 bits per heavy atom. The second-order valence-electron chi connectivity index (χ2n) is 8.01. The minimum Gasteiger partial charge on any atom is -0.508 e. The summed E-state index contributed by atoms with van der Waals surface area (Å²) in [5.41, 5.74) is 0.492. The fourth-order valence-corrected chi connectivity index (χ4v) is 3.62. The van der Waals surface area contributed by atoms with E-state index in [-0.39, 0.29) is 23.0 Å². The maximum atomic E-state index is 13.1. The lowest BCUT2D eigenvalue weighted by atomic mass is 9.68. The first-order valence-corrected chi connectivity index (χ1v) is 10.1. The molecule has 1 saturated carbocycles. The van der Waals surface area contributed by atoms with Crippen molar-refractivity contribution in [1.29, 1.82) is 0 Å². The van der Waals surface area contributed by atoms with Crippen LogP contribution in [0, 0.1) is 16.2 Å². The van der Waals surface area contributed by atoms with Crippen LogP contribution in [0.1, 0.15) is 43.7 Å². The molecule has 0 amide bonds. The predicted molar refractivity (Wildman–Crippen MR) is 118 cm³/mol. The Bertz CT molecular complexity index is 1000. The summed E-state index contributed by atoms with van der Waals surface area (Å²) in [6.45, 7) is 1.70. The molecule has 1 unspecified atom stereocenters. The average Bonchev–Trinajstić information content (AvgIpc) is 2.72. The van der Waals surface area contributed by atoms with Crippen LogP contribution in [0.25, 0.3) is 12.2 Å². The van der Waals surface area contributed by atoms with Gasteiger partial charge in [0, 0.05) is 0 Å². The van der Waals surface area contributed by atoms with Gasteiger partial charge >= 0.3 is 0 Å². The molecular formula is C25H25NO4. The highest BCUT2D eigenvalue weighted by atomic mass is 16.3. The van der Waals surface area contributed by atoms with Gasteiger partial charge in [0.05, 0.1) is 5.41 Å². The maximum absolute atomic E-state index is 13.1. The molecule has 1 aliphatic rings. The van der Waals surface area contributed by atoms with E-state index in [1.54, 1.807) is 67.6 Å². The van der Waals surface area contributed by atoms with Crippen LogP contribution in [0.5, 0.6) is 5.75 Å². The van der Waals surface area contributed by atoms with Gasteiger partial charge in [0.25, 0.3) is 0 Å². The number of ketones is 2. The van der Waals surface area contributed by atoms with E-state index in [4.69, 9.17) is 0 Å². The van der Waals surface area contributed by atoms with Crippen molar-refractivity contribution in [3.05, 3.63) is 76.7 Å². The van der Waals surface area contributed by atoms with E-state index in [9.17, 15) is 19.6 Å². The molecular weight excluding hydrogens is 378 g/mol. The molecule has 0 spiro atoms. The van der Waals surface area contributed by atoms with Gasteiger partial charge in [-0.2, -0.15) is 0 Å². The molecule has 2 aromatic carbocycles. The van der Waals surface area contributed by atoms with Crippen molar-refractivity contribution in [3.63, 3.8) is 0 Å². The number of carbonyl (C=O) groups excluding carboxylic acids is 2. The third kappa shape index (κ3) is 5.17. The number of allylic oxidation sites excluding steroid dienone is 2. The summed E-state index contributed by atoms with van der Waals surface area (Å²) in [7, 11) is 0. The van der Waals surface area contributed by atoms with Gasteiger partial charge in [-0.3, -0.25) is 9.59 Å². The van der Waals surface area contributed by atoms with E-state index < -0.39 is 5.41 Å². The van der Waals surface area contributed by atoms with Crippen LogP contribution in [0.2, 0.25) is 0 Å². The maximum Gasteiger partial charge on any atom is 0.169 e. The lowest BCUT2D eigenvalue weighted by Gasteiger charge is -2.33. The van der Waals surface area contributed by atoms with Gasteiger partial charge in [-0.15, -0.1) is 4.91 Å². The number of nitrogens with zero attached hydrogens (tertiary/aromatic N) is 1. The monoisotopic (exact) mass is 403 g/mol. The second kappa shape index (κ2) is 9.44. The molecule has 2 aromatic rings. The highest BCUT2D eigenvalue weighted by Crippen LogP contribution is 2.39. The van der Waals surface area contributed by atoms with Crippen molar-refractivity contribution >= 4 is 29.4 Å². The molecule has 3 rings (SSSR count). The molecule has 0 aromatic heterocycles. The molecule has 0 saturated heterocycles. The fraction of sp³-hybridized carbons (Fsp3) is 0.280. The number of hydrogen-bond donors (Lipinski definition) is 1. The fourth-order valence-electron chi connectivity index (χ4n) is 3.62. The third-order valence-electron chi connectivity index (χ3n) is 5.71. The zero-order valence-electron chi connectivity index (χ0n) is 17.0. The summed E-state index contributed by atoms with van der Waals surface area (Å²) in [4.78, 5) is 36.9. The van der Waals surface area contributed by atoms with Crippen LogP contribution in [-0.4, -0.2) is 16.7 Å². The molecule has 154 valence electrons. The highest BCUT2D eigenvalue weighted by Gasteiger charge is 2.41. The van der Waals surface area contributed by atoms with Crippen molar-refractivity contribution < 1.29 is 14.7 Å². The molecule has 1 N–H and O–H groups in total.